The summed E-state index contributed by atoms with van der Waals surface area (Å²) in [5.41, 5.74) is 5.95. The number of nitrogens with zero attached hydrogens (tertiary/aromatic N) is 1. The van der Waals surface area contributed by atoms with Gasteiger partial charge in [-0.25, -0.2) is 8.42 Å². The average molecular weight is 443 g/mol. The van der Waals surface area contributed by atoms with Gasteiger partial charge in [-0.15, -0.1) is 0 Å². The molecule has 0 fully saturated rings. The van der Waals surface area contributed by atoms with Gasteiger partial charge in [0, 0.05) is 13.7 Å². The third kappa shape index (κ3) is 2.78. The van der Waals surface area contributed by atoms with E-state index < -0.39 is 10.0 Å². The molecule has 1 aromatic carbocycles. The van der Waals surface area contributed by atoms with Gasteiger partial charge in [-0.2, -0.15) is 5.10 Å². The van der Waals surface area contributed by atoms with Crippen LogP contribution < -0.4 is 10.5 Å². The van der Waals surface area contributed by atoms with Crippen molar-refractivity contribution in [3.05, 3.63) is 32.4 Å². The van der Waals surface area contributed by atoms with Crippen molar-refractivity contribution in [2.45, 2.75) is 4.90 Å². The van der Waals surface area contributed by atoms with E-state index in [1.54, 1.807) is 18.2 Å². The number of hydrogen-bond acceptors (Lipinski definition) is 4. The SMILES string of the molecule is Nc1[nH]ncc1S(=O)(=O)Nc1ccc(Br)c(I)c1. The number of sulfonamides is 1. The highest BCUT2D eigenvalue weighted by atomic mass is 127. The molecule has 0 aliphatic carbocycles. The molecule has 6 nitrogen and oxygen atoms in total. The summed E-state index contributed by atoms with van der Waals surface area (Å²) in [4.78, 5) is -0.0690. The van der Waals surface area contributed by atoms with Crippen molar-refractivity contribution in [2.24, 2.45) is 0 Å². The van der Waals surface area contributed by atoms with Gasteiger partial charge in [-0.1, -0.05) is 0 Å². The zero-order chi connectivity index (χ0) is 13.3. The van der Waals surface area contributed by atoms with Crippen LogP contribution in [0.2, 0.25) is 0 Å². The molecule has 0 radical (unpaired) electrons. The molecule has 0 aliphatic heterocycles. The summed E-state index contributed by atoms with van der Waals surface area (Å²) in [6.07, 6.45) is 1.17. The number of nitrogen functional groups attached to an aromatic ring is 1. The summed E-state index contributed by atoms with van der Waals surface area (Å²) in [5.74, 6) is 0.00862. The van der Waals surface area contributed by atoms with E-state index in [-0.39, 0.29) is 10.7 Å². The van der Waals surface area contributed by atoms with Gasteiger partial charge in [-0.3, -0.25) is 9.82 Å². The van der Waals surface area contributed by atoms with E-state index in [9.17, 15) is 8.42 Å². The second kappa shape index (κ2) is 5.05. The Kier molecular flexibility index (Phi) is 3.82. The number of anilines is 2. The summed E-state index contributed by atoms with van der Waals surface area (Å²) in [5, 5.41) is 5.96. The standard InChI is InChI=1S/C9H8BrIN4O2S/c10-6-2-1-5(3-7(6)11)15-18(16,17)8-4-13-14-9(8)12/h1-4,15H,(H3,12,13,14). The minimum Gasteiger partial charge on any atom is -0.383 e. The number of halogens is 2. The van der Waals surface area contributed by atoms with Gasteiger partial charge < -0.3 is 5.73 Å². The van der Waals surface area contributed by atoms with Crippen LogP contribution in [0.3, 0.4) is 0 Å². The third-order valence-corrected chi connectivity index (χ3v) is 5.83. The number of H-pyrrole nitrogens is 1. The molecule has 1 aromatic heterocycles. The van der Waals surface area contributed by atoms with Crippen LogP contribution in [-0.2, 0) is 10.0 Å². The van der Waals surface area contributed by atoms with Gasteiger partial charge in [0.05, 0.1) is 6.20 Å². The minimum absolute atomic E-state index is 0.00862. The maximum atomic E-state index is 12.0. The highest BCUT2D eigenvalue weighted by molar-refractivity contribution is 14.1. The van der Waals surface area contributed by atoms with E-state index in [4.69, 9.17) is 5.73 Å². The van der Waals surface area contributed by atoms with E-state index in [1.165, 1.54) is 6.20 Å². The molecule has 18 heavy (non-hydrogen) atoms. The molecule has 1 heterocycles. The summed E-state index contributed by atoms with van der Waals surface area (Å²) in [6, 6.07) is 5.12. The predicted octanol–water partition coefficient (Wildman–Crippen LogP) is 2.16. The van der Waals surface area contributed by atoms with Crippen LogP contribution in [0.25, 0.3) is 0 Å². The van der Waals surface area contributed by atoms with Crippen LogP contribution >= 0.6 is 38.5 Å². The van der Waals surface area contributed by atoms with Crippen LogP contribution in [0.4, 0.5) is 11.5 Å². The Labute approximate surface area is 126 Å². The lowest BCUT2D eigenvalue weighted by molar-refractivity contribution is 0.601. The van der Waals surface area contributed by atoms with Crippen LogP contribution in [0, 0.1) is 3.57 Å². The van der Waals surface area contributed by atoms with Crippen LogP contribution in [0.5, 0.6) is 0 Å². The fourth-order valence-corrected chi connectivity index (χ4v) is 3.10. The molecule has 0 aliphatic rings. The average Bonchev–Trinajstić information content (AvgIpc) is 2.70. The molecule has 0 amide bonds. The summed E-state index contributed by atoms with van der Waals surface area (Å²) in [7, 11) is -3.72. The molecule has 0 bridgehead atoms. The van der Waals surface area contributed by atoms with E-state index in [1.807, 2.05) is 0 Å². The van der Waals surface area contributed by atoms with Crippen molar-refractivity contribution >= 4 is 60.0 Å². The summed E-state index contributed by atoms with van der Waals surface area (Å²) < 4.78 is 28.3. The predicted molar refractivity (Wildman–Crippen MR) is 80.7 cm³/mol. The number of rotatable bonds is 3. The lowest BCUT2D eigenvalue weighted by atomic mass is 10.3. The zero-order valence-corrected chi connectivity index (χ0v) is 13.4. The first-order chi connectivity index (χ1) is 8.40. The van der Waals surface area contributed by atoms with E-state index >= 15 is 0 Å². The quantitative estimate of drug-likeness (QED) is 0.634. The molecular formula is C9H8BrIN4O2S. The topological polar surface area (TPSA) is 101 Å². The number of aromatic nitrogens is 2. The summed E-state index contributed by atoms with van der Waals surface area (Å²) in [6.45, 7) is 0. The van der Waals surface area contributed by atoms with Crippen molar-refractivity contribution in [1.29, 1.82) is 0 Å². The van der Waals surface area contributed by atoms with Crippen LogP contribution in [0.1, 0.15) is 0 Å². The molecule has 0 saturated heterocycles. The smallest absolute Gasteiger partial charge is 0.267 e. The highest BCUT2D eigenvalue weighted by Gasteiger charge is 2.19. The van der Waals surface area contributed by atoms with Crippen molar-refractivity contribution in [3.63, 3.8) is 0 Å². The molecule has 4 N–H and O–H groups in total. The van der Waals surface area contributed by atoms with Crippen molar-refractivity contribution in [3.8, 4) is 0 Å². The Morgan fingerprint density at radius 3 is 2.72 bits per heavy atom. The Morgan fingerprint density at radius 2 is 2.17 bits per heavy atom. The van der Waals surface area contributed by atoms with Gasteiger partial charge in [-0.05, 0) is 56.7 Å². The van der Waals surface area contributed by atoms with Gasteiger partial charge in [0.1, 0.15) is 10.7 Å². The molecule has 2 aromatic rings. The number of hydrogen-bond donors (Lipinski definition) is 3. The lowest BCUT2D eigenvalue weighted by Gasteiger charge is -2.07. The molecule has 96 valence electrons. The first kappa shape index (κ1) is 13.6. The maximum Gasteiger partial charge on any atom is 0.267 e. The molecule has 0 saturated carbocycles. The van der Waals surface area contributed by atoms with Crippen molar-refractivity contribution in [1.82, 2.24) is 10.2 Å². The van der Waals surface area contributed by atoms with Gasteiger partial charge in [0.15, 0.2) is 0 Å². The molecule has 0 spiro atoms. The van der Waals surface area contributed by atoms with E-state index in [0.717, 1.165) is 8.04 Å². The fraction of sp³-hybridized carbons (Fsp3) is 0. The normalized spacial score (nSPS) is 11.4. The van der Waals surface area contributed by atoms with Crippen LogP contribution in [0.15, 0.2) is 33.8 Å². The number of nitrogens with two attached hydrogens (primary N) is 1. The zero-order valence-electron chi connectivity index (χ0n) is 8.81. The Bertz CT molecular complexity index is 686. The molecular weight excluding hydrogens is 435 g/mol. The number of nitrogens with one attached hydrogen (secondary N) is 2. The first-order valence-corrected chi connectivity index (χ1v) is 8.02. The Hall–Kier alpha value is -0.810. The maximum absolute atomic E-state index is 12.0. The lowest BCUT2D eigenvalue weighted by Crippen LogP contribution is -2.14. The molecule has 0 atom stereocenters. The van der Waals surface area contributed by atoms with E-state index in [0.29, 0.717) is 5.69 Å². The first-order valence-electron chi connectivity index (χ1n) is 4.67. The highest BCUT2D eigenvalue weighted by Crippen LogP contribution is 2.25. The summed E-state index contributed by atoms with van der Waals surface area (Å²) >= 11 is 5.44. The largest absolute Gasteiger partial charge is 0.383 e. The van der Waals surface area contributed by atoms with Gasteiger partial charge in [0.25, 0.3) is 10.0 Å². The second-order valence-electron chi connectivity index (χ2n) is 3.38. The molecule has 2 rings (SSSR count). The van der Waals surface area contributed by atoms with Crippen molar-refractivity contribution in [2.75, 3.05) is 10.5 Å². The van der Waals surface area contributed by atoms with Gasteiger partial charge >= 0.3 is 0 Å². The Morgan fingerprint density at radius 1 is 1.44 bits per heavy atom. The van der Waals surface area contributed by atoms with Crippen LogP contribution in [-0.4, -0.2) is 18.6 Å². The second-order valence-corrected chi connectivity index (χ2v) is 7.05. The molecule has 9 heteroatoms. The van der Waals surface area contributed by atoms with Gasteiger partial charge in [0.2, 0.25) is 0 Å². The third-order valence-electron chi connectivity index (χ3n) is 2.09. The number of benzene rings is 1. The van der Waals surface area contributed by atoms with E-state index in [2.05, 4.69) is 53.4 Å². The monoisotopic (exact) mass is 442 g/mol. The van der Waals surface area contributed by atoms with Crippen molar-refractivity contribution < 1.29 is 8.42 Å². The fourth-order valence-electron chi connectivity index (χ4n) is 1.27. The Balaban J connectivity index is 2.34. The minimum atomic E-state index is -3.72. The number of aromatic amines is 1. The molecule has 0 unspecified atom stereocenters.